The molecular formula is C15H24BrNO. The number of ether oxygens (including phenoxy) is 1. The van der Waals surface area contributed by atoms with Gasteiger partial charge in [-0.05, 0) is 30.7 Å². The molecule has 0 spiro atoms. The molecule has 0 fully saturated rings. The van der Waals surface area contributed by atoms with Gasteiger partial charge < -0.3 is 10.1 Å². The maximum atomic E-state index is 5.61. The number of benzene rings is 1. The first-order chi connectivity index (χ1) is 8.83. The highest BCUT2D eigenvalue weighted by Gasteiger charge is 1.94. The van der Waals surface area contributed by atoms with Crippen molar-refractivity contribution in [1.29, 1.82) is 0 Å². The minimum atomic E-state index is 0.699. The molecule has 0 unspecified atom stereocenters. The van der Waals surface area contributed by atoms with E-state index in [1.165, 1.54) is 31.2 Å². The molecule has 0 aliphatic heterocycles. The Balaban J connectivity index is 1.91. The highest BCUT2D eigenvalue weighted by atomic mass is 79.9. The molecule has 1 rings (SSSR count). The Morgan fingerprint density at radius 3 is 2.56 bits per heavy atom. The third kappa shape index (κ3) is 7.85. The summed E-state index contributed by atoms with van der Waals surface area (Å²) in [7, 11) is 0. The van der Waals surface area contributed by atoms with Gasteiger partial charge in [0.15, 0.2) is 0 Å². The van der Waals surface area contributed by atoms with Crippen LogP contribution < -0.4 is 5.32 Å². The van der Waals surface area contributed by atoms with Gasteiger partial charge in [-0.1, -0.05) is 54.2 Å². The molecule has 102 valence electrons. The highest BCUT2D eigenvalue weighted by molar-refractivity contribution is 9.10. The fraction of sp³-hybridized carbons (Fsp3) is 0.600. The van der Waals surface area contributed by atoms with Crippen LogP contribution >= 0.6 is 15.9 Å². The zero-order valence-electron chi connectivity index (χ0n) is 11.3. The summed E-state index contributed by atoms with van der Waals surface area (Å²) < 4.78 is 6.72. The van der Waals surface area contributed by atoms with Crippen molar-refractivity contribution in [2.24, 2.45) is 0 Å². The molecule has 0 amide bonds. The molecule has 0 saturated carbocycles. The summed E-state index contributed by atoms with van der Waals surface area (Å²) in [5, 5.41) is 3.41. The Kier molecular flexibility index (Phi) is 9.17. The van der Waals surface area contributed by atoms with E-state index in [1.54, 1.807) is 0 Å². The molecule has 2 nitrogen and oxygen atoms in total. The van der Waals surface area contributed by atoms with Gasteiger partial charge in [0.25, 0.3) is 0 Å². The largest absolute Gasteiger partial charge is 0.375 e. The minimum Gasteiger partial charge on any atom is -0.375 e. The van der Waals surface area contributed by atoms with Gasteiger partial charge in [-0.15, -0.1) is 0 Å². The van der Waals surface area contributed by atoms with Gasteiger partial charge in [-0.3, -0.25) is 0 Å². The van der Waals surface area contributed by atoms with E-state index in [2.05, 4.69) is 40.3 Å². The van der Waals surface area contributed by atoms with Gasteiger partial charge in [-0.25, -0.2) is 0 Å². The van der Waals surface area contributed by atoms with Gasteiger partial charge in [0.05, 0.1) is 13.2 Å². The molecule has 1 N–H and O–H groups in total. The van der Waals surface area contributed by atoms with E-state index < -0.39 is 0 Å². The molecule has 0 bridgehead atoms. The summed E-state index contributed by atoms with van der Waals surface area (Å²) >= 11 is 3.42. The van der Waals surface area contributed by atoms with E-state index in [0.29, 0.717) is 6.61 Å². The van der Waals surface area contributed by atoms with Crippen LogP contribution in [0.1, 0.15) is 38.2 Å². The average Bonchev–Trinajstić information content (AvgIpc) is 2.39. The van der Waals surface area contributed by atoms with E-state index in [1.807, 2.05) is 12.1 Å². The maximum absolute atomic E-state index is 5.61. The van der Waals surface area contributed by atoms with Crippen LogP contribution in [0.5, 0.6) is 0 Å². The van der Waals surface area contributed by atoms with Gasteiger partial charge in [0.2, 0.25) is 0 Å². The summed E-state index contributed by atoms with van der Waals surface area (Å²) in [6.07, 6.45) is 5.27. The Morgan fingerprint density at radius 2 is 1.83 bits per heavy atom. The topological polar surface area (TPSA) is 21.3 Å². The molecule has 0 aromatic heterocycles. The van der Waals surface area contributed by atoms with E-state index in [0.717, 1.165) is 24.2 Å². The lowest BCUT2D eigenvalue weighted by Crippen LogP contribution is -2.20. The first kappa shape index (κ1) is 15.7. The lowest BCUT2D eigenvalue weighted by Gasteiger charge is -2.06. The Labute approximate surface area is 119 Å². The first-order valence-electron chi connectivity index (χ1n) is 6.86. The van der Waals surface area contributed by atoms with Crippen molar-refractivity contribution >= 4 is 15.9 Å². The van der Waals surface area contributed by atoms with Crippen molar-refractivity contribution < 1.29 is 4.74 Å². The number of nitrogens with one attached hydrogen (secondary N) is 1. The molecule has 1 aromatic carbocycles. The predicted octanol–water partition coefficient (Wildman–Crippen LogP) is 4.14. The molecular weight excluding hydrogens is 290 g/mol. The van der Waals surface area contributed by atoms with Crippen molar-refractivity contribution in [2.45, 2.75) is 39.2 Å². The molecule has 0 heterocycles. The van der Waals surface area contributed by atoms with Gasteiger partial charge in [-0.2, -0.15) is 0 Å². The second-order valence-corrected chi connectivity index (χ2v) is 5.41. The lowest BCUT2D eigenvalue weighted by molar-refractivity contribution is 0.122. The van der Waals surface area contributed by atoms with Crippen LogP contribution in [0.15, 0.2) is 28.7 Å². The van der Waals surface area contributed by atoms with Crippen LogP contribution in [0.2, 0.25) is 0 Å². The number of rotatable bonds is 10. The molecule has 1 aromatic rings. The SMILES string of the molecule is CCCCCCNCCOCc1ccc(Br)cc1. The fourth-order valence-corrected chi connectivity index (χ4v) is 1.98. The van der Waals surface area contributed by atoms with Crippen LogP contribution in [-0.4, -0.2) is 19.7 Å². The van der Waals surface area contributed by atoms with E-state index in [9.17, 15) is 0 Å². The number of unbranched alkanes of at least 4 members (excludes halogenated alkanes) is 3. The quantitative estimate of drug-likeness (QED) is 0.656. The second-order valence-electron chi connectivity index (χ2n) is 4.49. The number of halogens is 1. The molecule has 0 aliphatic carbocycles. The smallest absolute Gasteiger partial charge is 0.0717 e. The molecule has 0 aliphatic rings. The van der Waals surface area contributed by atoms with Crippen LogP contribution in [-0.2, 0) is 11.3 Å². The van der Waals surface area contributed by atoms with E-state index in [4.69, 9.17) is 4.74 Å². The molecule has 18 heavy (non-hydrogen) atoms. The summed E-state index contributed by atoms with van der Waals surface area (Å²) in [5.74, 6) is 0. The number of hydrogen-bond donors (Lipinski definition) is 1. The van der Waals surface area contributed by atoms with E-state index >= 15 is 0 Å². The Hall–Kier alpha value is -0.380. The fourth-order valence-electron chi connectivity index (χ4n) is 1.72. The third-order valence-electron chi connectivity index (χ3n) is 2.81. The summed E-state index contributed by atoms with van der Waals surface area (Å²) in [6, 6.07) is 8.26. The van der Waals surface area contributed by atoms with Crippen LogP contribution in [0.3, 0.4) is 0 Å². The first-order valence-corrected chi connectivity index (χ1v) is 7.65. The molecule has 3 heteroatoms. The van der Waals surface area contributed by atoms with Crippen molar-refractivity contribution in [3.05, 3.63) is 34.3 Å². The summed E-state index contributed by atoms with van der Waals surface area (Å²) in [6.45, 7) is 5.78. The molecule has 0 radical (unpaired) electrons. The van der Waals surface area contributed by atoms with Crippen LogP contribution in [0.25, 0.3) is 0 Å². The van der Waals surface area contributed by atoms with E-state index in [-0.39, 0.29) is 0 Å². The minimum absolute atomic E-state index is 0.699. The van der Waals surface area contributed by atoms with Gasteiger partial charge in [0.1, 0.15) is 0 Å². The zero-order chi connectivity index (χ0) is 13.1. The van der Waals surface area contributed by atoms with Crippen molar-refractivity contribution in [1.82, 2.24) is 5.32 Å². The summed E-state index contributed by atoms with van der Waals surface area (Å²) in [5.41, 5.74) is 1.22. The average molecular weight is 314 g/mol. The second kappa shape index (κ2) is 10.5. The normalized spacial score (nSPS) is 10.8. The standard InChI is InChI=1S/C15H24BrNO/c1-2-3-4-5-10-17-11-12-18-13-14-6-8-15(16)9-7-14/h6-9,17H,2-5,10-13H2,1H3. The zero-order valence-corrected chi connectivity index (χ0v) is 12.8. The Bertz CT molecular complexity index is 300. The van der Waals surface area contributed by atoms with Crippen LogP contribution in [0, 0.1) is 0 Å². The predicted molar refractivity (Wildman–Crippen MR) is 80.8 cm³/mol. The monoisotopic (exact) mass is 313 g/mol. The maximum Gasteiger partial charge on any atom is 0.0717 e. The van der Waals surface area contributed by atoms with Gasteiger partial charge in [0, 0.05) is 11.0 Å². The Morgan fingerprint density at radius 1 is 1.06 bits per heavy atom. The number of hydrogen-bond acceptors (Lipinski definition) is 2. The van der Waals surface area contributed by atoms with Crippen LogP contribution in [0.4, 0.5) is 0 Å². The van der Waals surface area contributed by atoms with Crippen molar-refractivity contribution in [2.75, 3.05) is 19.7 Å². The highest BCUT2D eigenvalue weighted by Crippen LogP contribution is 2.10. The third-order valence-corrected chi connectivity index (χ3v) is 3.34. The van der Waals surface area contributed by atoms with Gasteiger partial charge >= 0.3 is 0 Å². The lowest BCUT2D eigenvalue weighted by atomic mass is 10.2. The molecule has 0 atom stereocenters. The molecule has 0 saturated heterocycles. The summed E-state index contributed by atoms with van der Waals surface area (Å²) in [4.78, 5) is 0. The van der Waals surface area contributed by atoms with Crippen molar-refractivity contribution in [3.8, 4) is 0 Å². The van der Waals surface area contributed by atoms with Crippen molar-refractivity contribution in [3.63, 3.8) is 0 Å².